The zero-order valence-corrected chi connectivity index (χ0v) is 18.5. The molecule has 172 valence electrons. The molecule has 0 saturated carbocycles. The number of methoxy groups -OCH3 is 1. The van der Waals surface area contributed by atoms with Gasteiger partial charge < -0.3 is 14.4 Å². The van der Waals surface area contributed by atoms with Gasteiger partial charge in [0, 0.05) is 37.8 Å². The van der Waals surface area contributed by atoms with Crippen molar-refractivity contribution in [2.45, 2.75) is 18.4 Å². The van der Waals surface area contributed by atoms with Gasteiger partial charge in [0.2, 0.25) is 15.9 Å². The van der Waals surface area contributed by atoms with Crippen LogP contribution in [0.1, 0.15) is 11.1 Å². The Morgan fingerprint density at radius 2 is 1.72 bits per heavy atom. The van der Waals surface area contributed by atoms with Crippen molar-refractivity contribution in [2.75, 3.05) is 33.3 Å². The Labute approximate surface area is 185 Å². The van der Waals surface area contributed by atoms with Crippen LogP contribution in [0.3, 0.4) is 0 Å². The number of nitrogens with zero attached hydrogens (tertiary/aromatic N) is 2. The molecule has 1 fully saturated rings. The van der Waals surface area contributed by atoms with Crippen molar-refractivity contribution < 1.29 is 31.5 Å². The van der Waals surface area contributed by atoms with Crippen LogP contribution in [0.5, 0.6) is 11.5 Å². The number of carbonyl (C=O) groups excluding carboxylic acids is 1. The molecular weight excluding hydrogens is 442 g/mol. The number of sulfonamides is 1. The first-order valence-corrected chi connectivity index (χ1v) is 11.3. The molecule has 0 N–H and O–H groups in total. The van der Waals surface area contributed by atoms with E-state index in [1.54, 1.807) is 30.3 Å². The number of alkyl halides is 2. The summed E-state index contributed by atoms with van der Waals surface area (Å²) >= 11 is 0. The number of para-hydroxylation sites is 1. The average molecular weight is 467 g/mol. The second-order valence-corrected chi connectivity index (χ2v) is 9.07. The SMILES string of the molecule is COc1cccc(/C=C/C(=O)N2CCN(S(=O)(=O)c3ccc(C)cc3)CC2)c1OC(F)F. The first-order valence-electron chi connectivity index (χ1n) is 9.88. The summed E-state index contributed by atoms with van der Waals surface area (Å²) in [5.41, 5.74) is 1.22. The van der Waals surface area contributed by atoms with Crippen molar-refractivity contribution >= 4 is 22.0 Å². The van der Waals surface area contributed by atoms with Crippen molar-refractivity contribution in [2.24, 2.45) is 0 Å². The molecular formula is C22H24F2N2O5S. The van der Waals surface area contributed by atoms with Crippen LogP contribution in [0.2, 0.25) is 0 Å². The minimum atomic E-state index is -3.63. The van der Waals surface area contributed by atoms with E-state index in [0.29, 0.717) is 0 Å². The van der Waals surface area contributed by atoms with Crippen LogP contribution in [-0.2, 0) is 14.8 Å². The van der Waals surface area contributed by atoms with Crippen LogP contribution in [0.25, 0.3) is 6.08 Å². The number of piperazine rings is 1. The molecule has 10 heteroatoms. The molecule has 7 nitrogen and oxygen atoms in total. The highest BCUT2D eigenvalue weighted by atomic mass is 32.2. The zero-order chi connectivity index (χ0) is 23.3. The molecule has 0 radical (unpaired) electrons. The summed E-state index contributed by atoms with van der Waals surface area (Å²) in [6.07, 6.45) is 2.62. The molecule has 2 aromatic carbocycles. The third kappa shape index (κ3) is 5.43. The monoisotopic (exact) mass is 466 g/mol. The van der Waals surface area contributed by atoms with E-state index in [4.69, 9.17) is 4.74 Å². The van der Waals surface area contributed by atoms with E-state index in [2.05, 4.69) is 4.74 Å². The molecule has 1 amide bonds. The third-order valence-electron chi connectivity index (χ3n) is 5.05. The van der Waals surface area contributed by atoms with Crippen LogP contribution in [0, 0.1) is 6.92 Å². The van der Waals surface area contributed by atoms with E-state index in [0.717, 1.165) is 5.56 Å². The maximum atomic E-state index is 12.8. The van der Waals surface area contributed by atoms with Crippen LogP contribution in [-0.4, -0.2) is 63.4 Å². The molecule has 0 aromatic heterocycles. The van der Waals surface area contributed by atoms with Gasteiger partial charge in [-0.25, -0.2) is 8.42 Å². The van der Waals surface area contributed by atoms with Gasteiger partial charge in [-0.05, 0) is 31.2 Å². The number of aryl methyl sites for hydroxylation is 1. The number of ether oxygens (including phenoxy) is 2. The lowest BCUT2D eigenvalue weighted by atomic mass is 10.1. The molecule has 1 heterocycles. The maximum absolute atomic E-state index is 12.8. The highest BCUT2D eigenvalue weighted by Gasteiger charge is 2.29. The molecule has 1 aliphatic rings. The minimum absolute atomic E-state index is 0.120. The predicted molar refractivity (Wildman–Crippen MR) is 115 cm³/mol. The highest BCUT2D eigenvalue weighted by Crippen LogP contribution is 2.33. The van der Waals surface area contributed by atoms with Crippen LogP contribution >= 0.6 is 0 Å². The smallest absolute Gasteiger partial charge is 0.387 e. The third-order valence-corrected chi connectivity index (χ3v) is 6.96. The summed E-state index contributed by atoms with van der Waals surface area (Å²) in [5, 5.41) is 0. The molecule has 2 aromatic rings. The average Bonchev–Trinajstić information content (AvgIpc) is 2.78. The van der Waals surface area contributed by atoms with Gasteiger partial charge in [0.25, 0.3) is 0 Å². The Balaban J connectivity index is 1.66. The second-order valence-electron chi connectivity index (χ2n) is 7.13. The van der Waals surface area contributed by atoms with Crippen LogP contribution < -0.4 is 9.47 Å². The van der Waals surface area contributed by atoms with E-state index >= 15 is 0 Å². The lowest BCUT2D eigenvalue weighted by Gasteiger charge is -2.33. The fourth-order valence-corrected chi connectivity index (χ4v) is 4.74. The Bertz CT molecular complexity index is 1080. The van der Waals surface area contributed by atoms with Gasteiger partial charge in [0.05, 0.1) is 12.0 Å². The number of halogens is 2. The molecule has 0 bridgehead atoms. The fourth-order valence-electron chi connectivity index (χ4n) is 3.31. The Kier molecular flexibility index (Phi) is 7.47. The molecule has 0 spiro atoms. The van der Waals surface area contributed by atoms with Gasteiger partial charge in [-0.1, -0.05) is 29.8 Å². The second kappa shape index (κ2) is 10.1. The Morgan fingerprint density at radius 3 is 2.31 bits per heavy atom. The quantitative estimate of drug-likeness (QED) is 0.586. The zero-order valence-electron chi connectivity index (χ0n) is 17.7. The van der Waals surface area contributed by atoms with Gasteiger partial charge >= 0.3 is 6.61 Å². The van der Waals surface area contributed by atoms with Crippen molar-refractivity contribution in [3.63, 3.8) is 0 Å². The predicted octanol–water partition coefficient (Wildman–Crippen LogP) is 3.15. The molecule has 1 saturated heterocycles. The first kappa shape index (κ1) is 23.7. The Morgan fingerprint density at radius 1 is 1.06 bits per heavy atom. The largest absolute Gasteiger partial charge is 0.493 e. The van der Waals surface area contributed by atoms with Crippen molar-refractivity contribution in [3.05, 3.63) is 59.7 Å². The van der Waals surface area contributed by atoms with Gasteiger partial charge in [-0.2, -0.15) is 13.1 Å². The normalized spacial score (nSPS) is 15.3. The summed E-state index contributed by atoms with van der Waals surface area (Å²) in [4.78, 5) is 14.3. The number of amides is 1. The topological polar surface area (TPSA) is 76.2 Å². The van der Waals surface area contributed by atoms with E-state index in [9.17, 15) is 22.0 Å². The number of hydrogen-bond donors (Lipinski definition) is 0. The lowest BCUT2D eigenvalue weighted by molar-refractivity contribution is -0.127. The fraction of sp³-hybridized carbons (Fsp3) is 0.318. The molecule has 0 unspecified atom stereocenters. The first-order chi connectivity index (χ1) is 15.2. The number of carbonyl (C=O) groups is 1. The van der Waals surface area contributed by atoms with Gasteiger partial charge in [-0.3, -0.25) is 4.79 Å². The highest BCUT2D eigenvalue weighted by molar-refractivity contribution is 7.89. The molecule has 0 atom stereocenters. The van der Waals surface area contributed by atoms with E-state index in [1.165, 1.54) is 40.6 Å². The van der Waals surface area contributed by atoms with Gasteiger partial charge in [0.15, 0.2) is 11.5 Å². The lowest BCUT2D eigenvalue weighted by Crippen LogP contribution is -2.50. The summed E-state index contributed by atoms with van der Waals surface area (Å²) in [6.45, 7) is -0.414. The maximum Gasteiger partial charge on any atom is 0.387 e. The molecule has 1 aliphatic heterocycles. The molecule has 0 aliphatic carbocycles. The van der Waals surface area contributed by atoms with Crippen molar-refractivity contribution in [3.8, 4) is 11.5 Å². The molecule has 32 heavy (non-hydrogen) atoms. The Hall–Kier alpha value is -2.98. The number of rotatable bonds is 7. The summed E-state index contributed by atoms with van der Waals surface area (Å²) in [6, 6.07) is 11.2. The van der Waals surface area contributed by atoms with E-state index in [-0.39, 0.29) is 54.0 Å². The number of hydrogen-bond acceptors (Lipinski definition) is 5. The van der Waals surface area contributed by atoms with E-state index in [1.807, 2.05) is 6.92 Å². The van der Waals surface area contributed by atoms with Gasteiger partial charge in [-0.15, -0.1) is 0 Å². The molecule has 3 rings (SSSR count). The van der Waals surface area contributed by atoms with Crippen LogP contribution in [0.15, 0.2) is 53.4 Å². The van der Waals surface area contributed by atoms with Crippen LogP contribution in [0.4, 0.5) is 8.78 Å². The van der Waals surface area contributed by atoms with Crippen molar-refractivity contribution in [1.82, 2.24) is 9.21 Å². The minimum Gasteiger partial charge on any atom is -0.493 e. The summed E-state index contributed by atoms with van der Waals surface area (Å²) < 4.78 is 62.0. The van der Waals surface area contributed by atoms with Crippen molar-refractivity contribution in [1.29, 1.82) is 0 Å². The van der Waals surface area contributed by atoms with Gasteiger partial charge in [0.1, 0.15) is 0 Å². The summed E-state index contributed by atoms with van der Waals surface area (Å²) in [7, 11) is -2.30. The standard InChI is InChI=1S/C22H24F2N2O5S/c1-16-6-9-18(10-7-16)32(28,29)26-14-12-25(13-15-26)20(27)11-8-17-4-3-5-19(30-2)21(17)31-22(23)24/h3-11,22H,12-15H2,1-2H3/b11-8+. The van der Waals surface area contributed by atoms with E-state index < -0.39 is 16.6 Å². The summed E-state index contributed by atoms with van der Waals surface area (Å²) in [5.74, 6) is -0.402. The number of benzene rings is 2.